The number of carbonyl (C=O) groups excluding carboxylic acids is 2. The Morgan fingerprint density at radius 1 is 1.00 bits per heavy atom. The van der Waals surface area contributed by atoms with Crippen LogP contribution in [0.25, 0.3) is 10.8 Å². The van der Waals surface area contributed by atoms with E-state index in [4.69, 9.17) is 0 Å². The minimum atomic E-state index is -3.88. The number of likely N-dealkylation sites (N-methyl/N-ethyl adjacent to an activating group) is 1. The van der Waals surface area contributed by atoms with Crippen molar-refractivity contribution >= 4 is 44.5 Å². The van der Waals surface area contributed by atoms with Gasteiger partial charge in [0.05, 0.1) is 17.7 Å². The summed E-state index contributed by atoms with van der Waals surface area (Å²) in [6.45, 7) is 0.961. The number of hydrogen-bond acceptors (Lipinski definition) is 5. The molecular weight excluding hydrogens is 416 g/mol. The van der Waals surface area contributed by atoms with Crippen LogP contribution in [0.4, 0.5) is 5.69 Å². The Bertz CT molecular complexity index is 1230. The van der Waals surface area contributed by atoms with Gasteiger partial charge in [-0.1, -0.05) is 42.5 Å². The van der Waals surface area contributed by atoms with Gasteiger partial charge >= 0.3 is 0 Å². The van der Waals surface area contributed by atoms with Crippen molar-refractivity contribution in [3.63, 3.8) is 0 Å². The van der Waals surface area contributed by atoms with E-state index < -0.39 is 22.5 Å². The molecule has 0 aromatic heterocycles. The lowest BCUT2D eigenvalue weighted by Crippen LogP contribution is -2.36. The summed E-state index contributed by atoms with van der Waals surface area (Å²) in [6, 6.07) is 19.2. The lowest BCUT2D eigenvalue weighted by atomic mass is 10.1. The minimum Gasteiger partial charge on any atom is -0.326 e. The third kappa shape index (κ3) is 5.53. The molecule has 9 heteroatoms. The highest BCUT2D eigenvalue weighted by Gasteiger charge is 2.22. The summed E-state index contributed by atoms with van der Waals surface area (Å²) in [7, 11) is -2.57. The van der Waals surface area contributed by atoms with E-state index in [0.717, 1.165) is 20.6 Å². The van der Waals surface area contributed by atoms with Crippen LogP contribution >= 0.6 is 0 Å². The largest absolute Gasteiger partial charge is 0.326 e. The van der Waals surface area contributed by atoms with Crippen LogP contribution in [0.1, 0.15) is 12.5 Å². The molecule has 0 spiro atoms. The standard InChI is InChI=1S/C22H22N4O4S/c1-16(27)24-19-10-12-20(13-11-19)31(29,30)26(2)15-22(28)25-23-14-18-8-5-7-17-6-3-4-9-21(17)18/h3-14H,15H2,1-2H3,(H,24,27)(H,25,28)/b23-14-. The number of anilines is 1. The van der Waals surface area contributed by atoms with Crippen molar-refractivity contribution in [3.05, 3.63) is 72.3 Å². The Morgan fingerprint density at radius 2 is 1.68 bits per heavy atom. The molecule has 3 aromatic carbocycles. The zero-order chi connectivity index (χ0) is 22.4. The molecule has 31 heavy (non-hydrogen) atoms. The van der Waals surface area contributed by atoms with Crippen LogP contribution in [-0.2, 0) is 19.6 Å². The fourth-order valence-corrected chi connectivity index (χ4v) is 4.08. The zero-order valence-electron chi connectivity index (χ0n) is 17.1. The highest BCUT2D eigenvalue weighted by atomic mass is 32.2. The van der Waals surface area contributed by atoms with Crippen LogP contribution in [0.5, 0.6) is 0 Å². The van der Waals surface area contributed by atoms with E-state index in [1.54, 1.807) is 0 Å². The monoisotopic (exact) mass is 438 g/mol. The van der Waals surface area contributed by atoms with Gasteiger partial charge in [0, 0.05) is 25.2 Å². The predicted octanol–water partition coefficient (Wildman–Crippen LogP) is 2.57. The molecule has 0 unspecified atom stereocenters. The summed E-state index contributed by atoms with van der Waals surface area (Å²) >= 11 is 0. The summed E-state index contributed by atoms with van der Waals surface area (Å²) in [5.74, 6) is -0.828. The molecule has 0 saturated heterocycles. The van der Waals surface area contributed by atoms with Gasteiger partial charge in [0.2, 0.25) is 15.9 Å². The second-order valence-corrected chi connectivity index (χ2v) is 8.87. The molecule has 3 rings (SSSR count). The SMILES string of the molecule is CC(=O)Nc1ccc(S(=O)(=O)N(C)CC(=O)N/N=C\c2cccc3ccccc23)cc1. The van der Waals surface area contributed by atoms with Crippen molar-refractivity contribution < 1.29 is 18.0 Å². The topological polar surface area (TPSA) is 108 Å². The highest BCUT2D eigenvalue weighted by Crippen LogP contribution is 2.18. The van der Waals surface area contributed by atoms with E-state index in [1.165, 1.54) is 44.5 Å². The Labute approximate surface area is 180 Å². The maximum absolute atomic E-state index is 12.7. The molecular formula is C22H22N4O4S. The first-order valence-corrected chi connectivity index (χ1v) is 10.8. The highest BCUT2D eigenvalue weighted by molar-refractivity contribution is 7.89. The van der Waals surface area contributed by atoms with Gasteiger partial charge in [-0.05, 0) is 35.0 Å². The average molecular weight is 439 g/mol. The molecule has 2 amide bonds. The van der Waals surface area contributed by atoms with Gasteiger partial charge in [0.25, 0.3) is 5.91 Å². The van der Waals surface area contributed by atoms with E-state index in [9.17, 15) is 18.0 Å². The fourth-order valence-electron chi connectivity index (χ4n) is 2.95. The molecule has 0 radical (unpaired) electrons. The first-order chi connectivity index (χ1) is 14.8. The molecule has 3 aromatic rings. The summed E-state index contributed by atoms with van der Waals surface area (Å²) in [6.07, 6.45) is 1.52. The van der Waals surface area contributed by atoms with E-state index in [2.05, 4.69) is 15.8 Å². The van der Waals surface area contributed by atoms with Crippen molar-refractivity contribution in [2.75, 3.05) is 18.9 Å². The number of sulfonamides is 1. The van der Waals surface area contributed by atoms with E-state index >= 15 is 0 Å². The summed E-state index contributed by atoms with van der Waals surface area (Å²) < 4.78 is 26.3. The van der Waals surface area contributed by atoms with Gasteiger partial charge in [-0.25, -0.2) is 13.8 Å². The maximum Gasteiger partial charge on any atom is 0.255 e. The van der Waals surface area contributed by atoms with Gasteiger partial charge < -0.3 is 5.32 Å². The van der Waals surface area contributed by atoms with Crippen molar-refractivity contribution in [2.24, 2.45) is 5.10 Å². The van der Waals surface area contributed by atoms with Gasteiger partial charge in [-0.3, -0.25) is 9.59 Å². The molecule has 0 aliphatic rings. The number of fused-ring (bicyclic) bond motifs is 1. The third-order valence-electron chi connectivity index (χ3n) is 4.47. The molecule has 0 heterocycles. The summed E-state index contributed by atoms with van der Waals surface area (Å²) in [4.78, 5) is 23.3. The van der Waals surface area contributed by atoms with Crippen LogP contribution in [0, 0.1) is 0 Å². The lowest BCUT2D eigenvalue weighted by molar-refractivity contribution is -0.121. The Morgan fingerprint density at radius 3 is 2.39 bits per heavy atom. The Hall–Kier alpha value is -3.56. The zero-order valence-corrected chi connectivity index (χ0v) is 17.9. The molecule has 2 N–H and O–H groups in total. The van der Waals surface area contributed by atoms with Gasteiger partial charge in [0.1, 0.15) is 0 Å². The average Bonchev–Trinajstić information content (AvgIpc) is 2.74. The number of amides is 2. The van der Waals surface area contributed by atoms with Crippen molar-refractivity contribution in [2.45, 2.75) is 11.8 Å². The number of hydrogen-bond donors (Lipinski definition) is 2. The fraction of sp³-hybridized carbons (Fsp3) is 0.136. The molecule has 0 fully saturated rings. The van der Waals surface area contributed by atoms with Crippen LogP contribution in [0.3, 0.4) is 0 Å². The molecule has 8 nitrogen and oxygen atoms in total. The summed E-state index contributed by atoms with van der Waals surface area (Å²) in [5, 5.41) is 8.56. The van der Waals surface area contributed by atoms with Crippen molar-refractivity contribution in [1.29, 1.82) is 0 Å². The maximum atomic E-state index is 12.7. The molecule has 160 valence electrons. The van der Waals surface area contributed by atoms with Gasteiger partial charge in [-0.2, -0.15) is 9.41 Å². The van der Waals surface area contributed by atoms with E-state index in [1.807, 2.05) is 42.5 Å². The van der Waals surface area contributed by atoms with E-state index in [0.29, 0.717) is 5.69 Å². The molecule has 0 bridgehead atoms. The smallest absolute Gasteiger partial charge is 0.255 e. The van der Waals surface area contributed by atoms with Crippen LogP contribution < -0.4 is 10.7 Å². The molecule has 0 aliphatic carbocycles. The van der Waals surface area contributed by atoms with Crippen molar-refractivity contribution in [1.82, 2.24) is 9.73 Å². The second kappa shape index (κ2) is 9.50. The number of nitrogens with zero attached hydrogens (tertiary/aromatic N) is 2. The number of benzene rings is 3. The molecule has 0 saturated carbocycles. The normalized spacial score (nSPS) is 11.7. The summed E-state index contributed by atoms with van der Waals surface area (Å²) in [5.41, 5.74) is 3.67. The van der Waals surface area contributed by atoms with Crippen LogP contribution in [-0.4, -0.2) is 44.3 Å². The van der Waals surface area contributed by atoms with Gasteiger partial charge in [0.15, 0.2) is 0 Å². The second-order valence-electron chi connectivity index (χ2n) is 6.83. The van der Waals surface area contributed by atoms with Crippen molar-refractivity contribution in [3.8, 4) is 0 Å². The first kappa shape index (κ1) is 22.1. The predicted molar refractivity (Wildman–Crippen MR) is 120 cm³/mol. The van der Waals surface area contributed by atoms with Gasteiger partial charge in [-0.15, -0.1) is 0 Å². The first-order valence-electron chi connectivity index (χ1n) is 9.41. The third-order valence-corrected chi connectivity index (χ3v) is 6.28. The Kier molecular flexibility index (Phi) is 6.78. The number of carbonyl (C=O) groups is 2. The molecule has 0 aliphatic heterocycles. The number of hydrazone groups is 1. The number of rotatable bonds is 7. The minimum absolute atomic E-state index is 0.0103. The molecule has 0 atom stereocenters. The van der Waals surface area contributed by atoms with Crippen LogP contribution in [0.15, 0.2) is 76.7 Å². The van der Waals surface area contributed by atoms with Crippen LogP contribution in [0.2, 0.25) is 0 Å². The quantitative estimate of drug-likeness (QED) is 0.437. The van der Waals surface area contributed by atoms with E-state index in [-0.39, 0.29) is 10.8 Å². The lowest BCUT2D eigenvalue weighted by Gasteiger charge is -2.16. The number of nitrogens with one attached hydrogen (secondary N) is 2. The Balaban J connectivity index is 1.63.